The van der Waals surface area contributed by atoms with Crippen molar-refractivity contribution in [2.24, 2.45) is 0 Å². The molecule has 0 aliphatic heterocycles. The molecule has 0 unspecified atom stereocenters. The Hall–Kier alpha value is -1.70. The predicted molar refractivity (Wildman–Crippen MR) is 67.7 cm³/mol. The van der Waals surface area contributed by atoms with Crippen molar-refractivity contribution >= 4 is 6.08 Å². The van der Waals surface area contributed by atoms with E-state index in [-0.39, 0.29) is 0 Å². The first-order chi connectivity index (χ1) is 7.81. The van der Waals surface area contributed by atoms with Crippen LogP contribution in [-0.2, 0) is 0 Å². The van der Waals surface area contributed by atoms with Crippen LogP contribution in [0.5, 0.6) is 11.5 Å². The van der Waals surface area contributed by atoms with E-state index >= 15 is 0 Å². The second-order valence-corrected chi connectivity index (χ2v) is 3.19. The highest BCUT2D eigenvalue weighted by molar-refractivity contribution is 5.56. The molecule has 0 saturated heterocycles. The van der Waals surface area contributed by atoms with Gasteiger partial charge in [-0.05, 0) is 31.0 Å². The molecule has 2 nitrogen and oxygen atoms in total. The van der Waals surface area contributed by atoms with E-state index in [1.165, 1.54) is 0 Å². The van der Waals surface area contributed by atoms with Crippen LogP contribution in [0.3, 0.4) is 0 Å². The maximum absolute atomic E-state index is 5.22. The van der Waals surface area contributed by atoms with Crippen LogP contribution in [0.25, 0.3) is 6.08 Å². The Labute approximate surface area is 97.2 Å². The van der Waals surface area contributed by atoms with Gasteiger partial charge in [-0.3, -0.25) is 0 Å². The summed E-state index contributed by atoms with van der Waals surface area (Å²) in [6, 6.07) is 5.81. The van der Waals surface area contributed by atoms with Crippen molar-refractivity contribution in [3.63, 3.8) is 0 Å². The zero-order valence-corrected chi connectivity index (χ0v) is 9.77. The van der Waals surface area contributed by atoms with Gasteiger partial charge in [0.15, 0.2) is 11.5 Å². The van der Waals surface area contributed by atoms with Gasteiger partial charge < -0.3 is 9.47 Å². The molecular formula is C14H17O2. The quantitative estimate of drug-likeness (QED) is 0.703. The van der Waals surface area contributed by atoms with Gasteiger partial charge >= 0.3 is 0 Å². The largest absolute Gasteiger partial charge is 0.493 e. The first-order valence-electron chi connectivity index (χ1n) is 5.16. The third-order valence-corrected chi connectivity index (χ3v) is 2.11. The molecule has 2 heteroatoms. The SMILES string of the molecule is [CH2]CC=CC=Cc1ccc(OC)c(OC)c1. The predicted octanol–water partition coefficient (Wildman–Crippen LogP) is 3.50. The molecule has 0 bridgehead atoms. The van der Waals surface area contributed by atoms with E-state index in [9.17, 15) is 0 Å². The van der Waals surface area contributed by atoms with Crippen LogP contribution < -0.4 is 9.47 Å². The van der Waals surface area contributed by atoms with Gasteiger partial charge in [0.25, 0.3) is 0 Å². The smallest absolute Gasteiger partial charge is 0.161 e. The van der Waals surface area contributed by atoms with Crippen LogP contribution >= 0.6 is 0 Å². The van der Waals surface area contributed by atoms with Gasteiger partial charge in [-0.25, -0.2) is 0 Å². The lowest BCUT2D eigenvalue weighted by molar-refractivity contribution is 0.355. The average molecular weight is 217 g/mol. The minimum atomic E-state index is 0.741. The van der Waals surface area contributed by atoms with Crippen molar-refractivity contribution in [3.8, 4) is 11.5 Å². The Morgan fingerprint density at radius 1 is 1.12 bits per heavy atom. The van der Waals surface area contributed by atoms with Crippen LogP contribution in [-0.4, -0.2) is 14.2 Å². The molecule has 0 N–H and O–H groups in total. The van der Waals surface area contributed by atoms with Crippen molar-refractivity contribution < 1.29 is 9.47 Å². The maximum Gasteiger partial charge on any atom is 0.161 e. The molecule has 16 heavy (non-hydrogen) atoms. The second-order valence-electron chi connectivity index (χ2n) is 3.19. The highest BCUT2D eigenvalue weighted by atomic mass is 16.5. The number of methoxy groups -OCH3 is 2. The van der Waals surface area contributed by atoms with Gasteiger partial charge in [0.2, 0.25) is 0 Å². The molecule has 0 heterocycles. The summed E-state index contributed by atoms with van der Waals surface area (Å²) < 4.78 is 10.4. The fourth-order valence-electron chi connectivity index (χ4n) is 1.30. The van der Waals surface area contributed by atoms with E-state index in [0.29, 0.717) is 0 Å². The standard InChI is InChI=1S/C14H17O2/c1-4-5-6-7-8-12-9-10-13(15-2)14(11-12)16-3/h5-11H,1,4H2,2-3H3. The van der Waals surface area contributed by atoms with Crippen molar-refractivity contribution in [2.45, 2.75) is 6.42 Å². The summed E-state index contributed by atoms with van der Waals surface area (Å²) >= 11 is 0. The second kappa shape index (κ2) is 6.72. The van der Waals surface area contributed by atoms with Crippen molar-refractivity contribution in [1.82, 2.24) is 0 Å². The lowest BCUT2D eigenvalue weighted by Crippen LogP contribution is -1.90. The normalized spacial score (nSPS) is 11.2. The van der Waals surface area contributed by atoms with Crippen molar-refractivity contribution in [2.75, 3.05) is 14.2 Å². The zero-order valence-electron chi connectivity index (χ0n) is 9.77. The molecule has 1 radical (unpaired) electrons. The Morgan fingerprint density at radius 3 is 2.50 bits per heavy atom. The number of benzene rings is 1. The Bertz CT molecular complexity index is 378. The molecule has 1 rings (SSSR count). The van der Waals surface area contributed by atoms with Gasteiger partial charge in [-0.15, -0.1) is 0 Å². The first-order valence-corrected chi connectivity index (χ1v) is 5.16. The highest BCUT2D eigenvalue weighted by Crippen LogP contribution is 2.27. The lowest BCUT2D eigenvalue weighted by atomic mass is 10.2. The summed E-state index contributed by atoms with van der Waals surface area (Å²) in [5, 5.41) is 0. The van der Waals surface area contributed by atoms with Crippen molar-refractivity contribution in [3.05, 3.63) is 48.9 Å². The summed E-state index contributed by atoms with van der Waals surface area (Å²) in [5.74, 6) is 1.48. The van der Waals surface area contributed by atoms with E-state index in [2.05, 4.69) is 6.92 Å². The summed E-state index contributed by atoms with van der Waals surface area (Å²) in [4.78, 5) is 0. The Morgan fingerprint density at radius 2 is 1.88 bits per heavy atom. The van der Waals surface area contributed by atoms with Gasteiger partial charge in [-0.2, -0.15) is 0 Å². The minimum absolute atomic E-state index is 0.741. The molecule has 85 valence electrons. The van der Waals surface area contributed by atoms with Crippen LogP contribution in [0.15, 0.2) is 36.4 Å². The fourth-order valence-corrected chi connectivity index (χ4v) is 1.30. The minimum Gasteiger partial charge on any atom is -0.493 e. The number of hydrogen-bond acceptors (Lipinski definition) is 2. The summed E-state index contributed by atoms with van der Waals surface area (Å²) in [6.45, 7) is 3.72. The van der Waals surface area contributed by atoms with Gasteiger partial charge in [0.05, 0.1) is 14.2 Å². The van der Waals surface area contributed by atoms with E-state index in [0.717, 1.165) is 23.5 Å². The third-order valence-electron chi connectivity index (χ3n) is 2.11. The first kappa shape index (κ1) is 12.4. The number of allylic oxidation sites excluding steroid dienone is 3. The van der Waals surface area contributed by atoms with E-state index in [4.69, 9.17) is 9.47 Å². The fraction of sp³-hybridized carbons (Fsp3) is 0.214. The number of rotatable bonds is 5. The van der Waals surface area contributed by atoms with Crippen LogP contribution in [0.2, 0.25) is 0 Å². The average Bonchev–Trinajstić information content (AvgIpc) is 2.34. The molecule has 0 aliphatic rings. The molecule has 0 amide bonds. The molecule has 0 aromatic heterocycles. The molecule has 0 saturated carbocycles. The molecular weight excluding hydrogens is 200 g/mol. The molecule has 1 aromatic carbocycles. The molecule has 0 fully saturated rings. The Balaban J connectivity index is 2.82. The van der Waals surface area contributed by atoms with Crippen LogP contribution in [0, 0.1) is 6.92 Å². The molecule has 0 spiro atoms. The Kier molecular flexibility index (Phi) is 5.20. The van der Waals surface area contributed by atoms with E-state index < -0.39 is 0 Å². The summed E-state index contributed by atoms with van der Waals surface area (Å²) in [6.07, 6.45) is 8.76. The lowest BCUT2D eigenvalue weighted by Gasteiger charge is -2.07. The summed E-state index contributed by atoms with van der Waals surface area (Å²) in [5.41, 5.74) is 1.08. The maximum atomic E-state index is 5.22. The van der Waals surface area contributed by atoms with Gasteiger partial charge in [0.1, 0.15) is 0 Å². The monoisotopic (exact) mass is 217 g/mol. The molecule has 0 atom stereocenters. The number of hydrogen-bond donors (Lipinski definition) is 0. The summed E-state index contributed by atoms with van der Waals surface area (Å²) in [7, 11) is 3.26. The topological polar surface area (TPSA) is 18.5 Å². The highest BCUT2D eigenvalue weighted by Gasteiger charge is 2.01. The van der Waals surface area contributed by atoms with E-state index in [1.54, 1.807) is 14.2 Å². The number of ether oxygens (including phenoxy) is 2. The third kappa shape index (κ3) is 3.46. The van der Waals surface area contributed by atoms with Gasteiger partial charge in [0, 0.05) is 0 Å². The molecule has 0 aliphatic carbocycles. The van der Waals surface area contributed by atoms with Crippen LogP contribution in [0.4, 0.5) is 0 Å². The van der Waals surface area contributed by atoms with E-state index in [1.807, 2.05) is 42.5 Å². The molecule has 1 aromatic rings. The van der Waals surface area contributed by atoms with Crippen LogP contribution in [0.1, 0.15) is 12.0 Å². The van der Waals surface area contributed by atoms with Gasteiger partial charge in [-0.1, -0.05) is 30.4 Å². The zero-order chi connectivity index (χ0) is 11.8. The van der Waals surface area contributed by atoms with Crippen molar-refractivity contribution in [1.29, 1.82) is 0 Å².